The van der Waals surface area contributed by atoms with E-state index >= 15 is 0 Å². The fourth-order valence-corrected chi connectivity index (χ4v) is 3.94. The quantitative estimate of drug-likeness (QED) is 0.356. The molecule has 31 heavy (non-hydrogen) atoms. The fraction of sp³-hybridized carbons (Fsp3) is 0.273. The summed E-state index contributed by atoms with van der Waals surface area (Å²) < 4.78 is 41.0. The smallest absolute Gasteiger partial charge is 0.345 e. The van der Waals surface area contributed by atoms with Crippen LogP contribution < -0.4 is 5.32 Å². The molecule has 0 radical (unpaired) electrons. The Morgan fingerprint density at radius 2 is 1.94 bits per heavy atom. The molecule has 164 valence electrons. The van der Waals surface area contributed by atoms with Crippen LogP contribution in [0.5, 0.6) is 0 Å². The van der Waals surface area contributed by atoms with Crippen LogP contribution in [0, 0.1) is 0 Å². The van der Waals surface area contributed by atoms with Crippen LogP contribution in [-0.4, -0.2) is 15.7 Å². The Hall–Kier alpha value is -2.32. The Morgan fingerprint density at radius 3 is 2.55 bits per heavy atom. The first-order valence-corrected chi connectivity index (χ1v) is 11.1. The number of hydrogen-bond acceptors (Lipinski definition) is 2. The molecule has 9 heteroatoms. The summed E-state index contributed by atoms with van der Waals surface area (Å²) in [5.74, 6) is -0.398. The molecule has 0 bridgehead atoms. The van der Waals surface area contributed by atoms with Gasteiger partial charge in [0.15, 0.2) is 0 Å². The van der Waals surface area contributed by atoms with Crippen molar-refractivity contribution in [2.24, 2.45) is 0 Å². The summed E-state index contributed by atoms with van der Waals surface area (Å²) in [5.41, 5.74) is 1.38. The molecule has 3 rings (SSSR count). The molecule has 0 fully saturated rings. The van der Waals surface area contributed by atoms with Crippen LogP contribution in [0.25, 0.3) is 5.69 Å². The highest BCUT2D eigenvalue weighted by molar-refractivity contribution is 9.08. The number of alkyl halides is 4. The molecule has 0 unspecified atom stereocenters. The number of carbonyl (C=O) groups is 1. The molecule has 1 amide bonds. The standard InChI is InChI=1S/C22H20BrClF3N3O/c1-2-4-19(14-5-3-6-15(11-14)22(25,26)27)29-21(31)18-13-28-30(20(18)12-23)17-9-7-16(24)8-10-17/h3,5-11,13,19H,2,4,12H2,1H3,(H,29,31)/t19-/m0/s1. The van der Waals surface area contributed by atoms with Gasteiger partial charge in [-0.15, -0.1) is 0 Å². The van der Waals surface area contributed by atoms with E-state index in [-0.39, 0.29) is 0 Å². The minimum Gasteiger partial charge on any atom is -0.345 e. The first-order valence-electron chi connectivity index (χ1n) is 9.61. The number of amides is 1. The predicted octanol–water partition coefficient (Wildman–Crippen LogP) is 6.71. The summed E-state index contributed by atoms with van der Waals surface area (Å²) >= 11 is 9.34. The van der Waals surface area contributed by atoms with Crippen molar-refractivity contribution in [1.82, 2.24) is 15.1 Å². The lowest BCUT2D eigenvalue weighted by Crippen LogP contribution is -2.29. The highest BCUT2D eigenvalue weighted by Crippen LogP contribution is 2.32. The van der Waals surface area contributed by atoms with Gasteiger partial charge in [-0.25, -0.2) is 4.68 Å². The van der Waals surface area contributed by atoms with Crippen molar-refractivity contribution < 1.29 is 18.0 Å². The normalized spacial score (nSPS) is 12.6. The van der Waals surface area contributed by atoms with Crippen molar-refractivity contribution in [3.8, 4) is 5.69 Å². The SMILES string of the molecule is CCC[C@H](NC(=O)c1cnn(-c2ccc(Cl)cc2)c1CBr)c1cccc(C(F)(F)F)c1. The first kappa shape index (κ1) is 23.3. The molecule has 0 aliphatic heterocycles. The van der Waals surface area contributed by atoms with Gasteiger partial charge in [0.25, 0.3) is 5.91 Å². The number of halogens is 5. The molecule has 0 spiro atoms. The van der Waals surface area contributed by atoms with Gasteiger partial charge in [0.1, 0.15) is 0 Å². The van der Waals surface area contributed by atoms with E-state index in [9.17, 15) is 18.0 Å². The van der Waals surface area contributed by atoms with Gasteiger partial charge in [-0.1, -0.05) is 53.0 Å². The Bertz CT molecular complexity index is 1050. The molecule has 3 aromatic rings. The molecule has 1 N–H and O–H groups in total. The zero-order chi connectivity index (χ0) is 22.6. The average molecular weight is 515 g/mol. The van der Waals surface area contributed by atoms with Gasteiger partial charge in [-0.2, -0.15) is 18.3 Å². The van der Waals surface area contributed by atoms with Crippen LogP contribution in [0.15, 0.2) is 54.7 Å². The van der Waals surface area contributed by atoms with E-state index in [4.69, 9.17) is 11.6 Å². The Kier molecular flexibility index (Phi) is 7.43. The van der Waals surface area contributed by atoms with E-state index in [2.05, 4.69) is 26.3 Å². The number of nitrogens with zero attached hydrogens (tertiary/aromatic N) is 2. The maximum Gasteiger partial charge on any atom is 0.416 e. The number of aromatic nitrogens is 2. The second-order valence-corrected chi connectivity index (χ2v) is 7.96. The number of hydrogen-bond donors (Lipinski definition) is 1. The third kappa shape index (κ3) is 5.49. The van der Waals surface area contributed by atoms with Gasteiger partial charge >= 0.3 is 6.18 Å². The van der Waals surface area contributed by atoms with E-state index in [1.807, 2.05) is 6.92 Å². The monoisotopic (exact) mass is 513 g/mol. The average Bonchev–Trinajstić information content (AvgIpc) is 3.17. The van der Waals surface area contributed by atoms with E-state index in [0.29, 0.717) is 40.0 Å². The molecule has 4 nitrogen and oxygen atoms in total. The summed E-state index contributed by atoms with van der Waals surface area (Å²) in [6.07, 6.45) is -1.80. The first-order chi connectivity index (χ1) is 14.7. The highest BCUT2D eigenvalue weighted by Gasteiger charge is 2.31. The van der Waals surface area contributed by atoms with Crippen LogP contribution in [-0.2, 0) is 11.5 Å². The third-order valence-corrected chi connectivity index (χ3v) is 5.59. The molecule has 0 aliphatic rings. The number of benzene rings is 2. The van der Waals surface area contributed by atoms with Gasteiger partial charge in [0, 0.05) is 10.4 Å². The van der Waals surface area contributed by atoms with Crippen molar-refractivity contribution in [2.45, 2.75) is 37.3 Å². The largest absolute Gasteiger partial charge is 0.416 e. The summed E-state index contributed by atoms with van der Waals surface area (Å²) in [4.78, 5) is 13.0. The lowest BCUT2D eigenvalue weighted by atomic mass is 9.99. The van der Waals surface area contributed by atoms with Crippen LogP contribution in [0.4, 0.5) is 13.2 Å². The number of carbonyl (C=O) groups excluding carboxylic acids is 1. The van der Waals surface area contributed by atoms with Gasteiger partial charge < -0.3 is 5.32 Å². The lowest BCUT2D eigenvalue weighted by molar-refractivity contribution is -0.137. The maximum absolute atomic E-state index is 13.1. The van der Waals surface area contributed by atoms with E-state index in [1.54, 1.807) is 35.0 Å². The van der Waals surface area contributed by atoms with Crippen molar-refractivity contribution in [1.29, 1.82) is 0 Å². The third-order valence-electron chi connectivity index (χ3n) is 4.81. The Labute approximate surface area is 191 Å². The van der Waals surface area contributed by atoms with Crippen molar-refractivity contribution in [3.05, 3.63) is 82.1 Å². The minimum absolute atomic E-state index is 0.347. The van der Waals surface area contributed by atoms with Gasteiger partial charge in [0.05, 0.1) is 34.7 Å². The molecule has 0 aliphatic carbocycles. The van der Waals surface area contributed by atoms with Gasteiger partial charge in [0.2, 0.25) is 0 Å². The molecule has 1 aromatic heterocycles. The zero-order valence-electron chi connectivity index (χ0n) is 16.6. The van der Waals surface area contributed by atoms with Crippen LogP contribution in [0.2, 0.25) is 5.02 Å². The molecular weight excluding hydrogens is 495 g/mol. The number of rotatable bonds is 7. The molecule has 0 saturated carbocycles. The topological polar surface area (TPSA) is 46.9 Å². The lowest BCUT2D eigenvalue weighted by Gasteiger charge is -2.20. The minimum atomic E-state index is -4.44. The highest BCUT2D eigenvalue weighted by atomic mass is 79.9. The van der Waals surface area contributed by atoms with E-state index in [0.717, 1.165) is 17.8 Å². The maximum atomic E-state index is 13.1. The second-order valence-electron chi connectivity index (χ2n) is 6.96. The van der Waals surface area contributed by atoms with Crippen LogP contribution in [0.3, 0.4) is 0 Å². The van der Waals surface area contributed by atoms with Gasteiger partial charge in [-0.05, 0) is 48.4 Å². The van der Waals surface area contributed by atoms with Crippen molar-refractivity contribution >= 4 is 33.4 Å². The van der Waals surface area contributed by atoms with E-state index in [1.165, 1.54) is 12.3 Å². The number of nitrogens with one attached hydrogen (secondary N) is 1. The van der Waals surface area contributed by atoms with E-state index < -0.39 is 23.7 Å². The fourth-order valence-electron chi connectivity index (χ4n) is 3.28. The molecule has 1 atom stereocenters. The van der Waals surface area contributed by atoms with Gasteiger partial charge in [-0.3, -0.25) is 4.79 Å². The molecule has 0 saturated heterocycles. The molecular formula is C22H20BrClF3N3O. The molecule has 1 heterocycles. The summed E-state index contributed by atoms with van der Waals surface area (Å²) in [6, 6.07) is 11.5. The second kappa shape index (κ2) is 9.87. The predicted molar refractivity (Wildman–Crippen MR) is 118 cm³/mol. The Morgan fingerprint density at radius 1 is 1.23 bits per heavy atom. The Balaban J connectivity index is 1.89. The van der Waals surface area contributed by atoms with Crippen molar-refractivity contribution in [3.63, 3.8) is 0 Å². The van der Waals surface area contributed by atoms with Crippen LogP contribution in [0.1, 0.15) is 53.0 Å². The summed E-state index contributed by atoms with van der Waals surface area (Å²) in [5, 5.41) is 8.13. The van der Waals surface area contributed by atoms with Crippen molar-refractivity contribution in [2.75, 3.05) is 0 Å². The zero-order valence-corrected chi connectivity index (χ0v) is 18.9. The van der Waals surface area contributed by atoms with Crippen LogP contribution >= 0.6 is 27.5 Å². The summed E-state index contributed by atoms with van der Waals surface area (Å²) in [7, 11) is 0. The molecule has 2 aromatic carbocycles. The summed E-state index contributed by atoms with van der Waals surface area (Å²) in [6.45, 7) is 1.91.